The normalized spacial score (nSPS) is 11.2. The average molecular weight is 445 g/mol. The zero-order valence-electron chi connectivity index (χ0n) is 16.5. The minimum absolute atomic E-state index is 0.179. The highest BCUT2D eigenvalue weighted by atomic mass is 35.5. The Balaban J connectivity index is 1.83. The van der Waals surface area contributed by atoms with Crippen LogP contribution in [0.4, 0.5) is 11.4 Å². The molecule has 1 amide bonds. The third-order valence-corrected chi connectivity index (χ3v) is 5.24. The number of aromatic carboxylic acids is 1. The van der Waals surface area contributed by atoms with Gasteiger partial charge in [0, 0.05) is 52.0 Å². The molecule has 0 bridgehead atoms. The van der Waals surface area contributed by atoms with Crippen LogP contribution in [0.15, 0.2) is 42.5 Å². The van der Waals surface area contributed by atoms with E-state index in [0.717, 1.165) is 18.8 Å². The number of nitrogens with one attached hydrogen (secondary N) is 2. The van der Waals surface area contributed by atoms with Crippen molar-refractivity contribution in [3.8, 4) is 0 Å². The average Bonchev–Trinajstić information content (AvgIpc) is 3.07. The first-order chi connectivity index (χ1) is 14.3. The molecule has 0 atom stereocenters. The predicted molar refractivity (Wildman–Crippen MR) is 120 cm³/mol. The van der Waals surface area contributed by atoms with Crippen LogP contribution in [0, 0.1) is 0 Å². The smallest absolute Gasteiger partial charge is 0.248 e. The lowest BCUT2D eigenvalue weighted by atomic mass is 10.1. The molecule has 6 nitrogen and oxygen atoms in total. The van der Waals surface area contributed by atoms with Crippen molar-refractivity contribution in [3.63, 3.8) is 0 Å². The summed E-state index contributed by atoms with van der Waals surface area (Å²) in [5.74, 6) is -1.82. The van der Waals surface area contributed by atoms with Gasteiger partial charge in [0.1, 0.15) is 0 Å². The van der Waals surface area contributed by atoms with Crippen LogP contribution in [0.1, 0.15) is 29.9 Å². The van der Waals surface area contributed by atoms with E-state index in [0.29, 0.717) is 21.6 Å². The number of hydrogen-bond donors (Lipinski definition) is 2. The topological polar surface area (TPSA) is 88.3 Å². The lowest BCUT2D eigenvalue weighted by Gasteiger charge is -2.21. The van der Waals surface area contributed by atoms with Gasteiger partial charge in [-0.25, -0.2) is 0 Å². The van der Waals surface area contributed by atoms with Gasteiger partial charge in [0.05, 0.1) is 16.7 Å². The highest BCUT2D eigenvalue weighted by molar-refractivity contribution is 6.39. The molecule has 8 heteroatoms. The van der Waals surface area contributed by atoms with Gasteiger partial charge in [0.25, 0.3) is 0 Å². The van der Waals surface area contributed by atoms with E-state index in [2.05, 4.69) is 29.0 Å². The van der Waals surface area contributed by atoms with Gasteiger partial charge < -0.3 is 25.1 Å². The Hall–Kier alpha value is -2.96. The summed E-state index contributed by atoms with van der Waals surface area (Å²) in [7, 11) is 0. The van der Waals surface area contributed by atoms with E-state index in [1.165, 1.54) is 18.2 Å². The van der Waals surface area contributed by atoms with E-state index in [9.17, 15) is 14.7 Å². The van der Waals surface area contributed by atoms with Crippen LogP contribution in [0.2, 0.25) is 10.0 Å². The molecule has 3 rings (SSSR count). The minimum atomic E-state index is -1.41. The molecule has 0 unspecified atom stereocenters. The molecule has 2 aromatic carbocycles. The molecule has 0 saturated carbocycles. The predicted octanol–water partition coefficient (Wildman–Crippen LogP) is 4.34. The van der Waals surface area contributed by atoms with Crippen LogP contribution in [-0.4, -0.2) is 29.9 Å². The van der Waals surface area contributed by atoms with Gasteiger partial charge in [-0.3, -0.25) is 4.79 Å². The number of anilines is 2. The quantitative estimate of drug-likeness (QED) is 0.530. The van der Waals surface area contributed by atoms with E-state index < -0.39 is 11.9 Å². The molecule has 1 aromatic heterocycles. The van der Waals surface area contributed by atoms with Crippen molar-refractivity contribution in [2.24, 2.45) is 0 Å². The van der Waals surface area contributed by atoms with Crippen LogP contribution in [-0.2, 0) is 4.79 Å². The van der Waals surface area contributed by atoms with Crippen molar-refractivity contribution >= 4 is 63.4 Å². The number of hydrogen-bond acceptors (Lipinski definition) is 4. The number of benzene rings is 2. The molecular formula is C22H20Cl2N3O3-. The molecule has 0 aliphatic rings. The third-order valence-electron chi connectivity index (χ3n) is 4.72. The first-order valence-electron chi connectivity index (χ1n) is 9.40. The number of carbonyl (C=O) groups excluding carboxylic acids is 2. The van der Waals surface area contributed by atoms with Crippen molar-refractivity contribution in [3.05, 3.63) is 63.8 Å². The molecule has 0 saturated heterocycles. The van der Waals surface area contributed by atoms with Crippen LogP contribution in [0.3, 0.4) is 0 Å². The summed E-state index contributed by atoms with van der Waals surface area (Å²) >= 11 is 12.2. The van der Waals surface area contributed by atoms with E-state index in [1.54, 1.807) is 6.07 Å². The summed E-state index contributed by atoms with van der Waals surface area (Å²) in [5.41, 5.74) is 2.21. The summed E-state index contributed by atoms with van der Waals surface area (Å²) in [6.45, 7) is 5.94. The highest BCUT2D eigenvalue weighted by Crippen LogP contribution is 2.33. The van der Waals surface area contributed by atoms with Crippen LogP contribution in [0.5, 0.6) is 0 Å². The maximum atomic E-state index is 12.4. The number of carbonyl (C=O) groups is 2. The van der Waals surface area contributed by atoms with Crippen molar-refractivity contribution in [2.75, 3.05) is 23.3 Å². The Labute approximate surface area is 184 Å². The molecule has 156 valence electrons. The maximum absolute atomic E-state index is 12.4. The van der Waals surface area contributed by atoms with Crippen molar-refractivity contribution < 1.29 is 14.7 Å². The monoisotopic (exact) mass is 444 g/mol. The number of rotatable bonds is 7. The number of aromatic amines is 1. The second-order valence-corrected chi connectivity index (χ2v) is 7.40. The Kier molecular flexibility index (Phi) is 6.70. The third kappa shape index (κ3) is 4.61. The standard InChI is InChI=1S/C22H21Cl2N3O3/c1-3-27(4-2)15-7-5-14(6-8-15)25-19(28)10-9-16-20-17(24)11-13(23)12-18(20)26-21(16)22(29)30/h5-12,26H,3-4H2,1-2H3,(H,25,28)(H,29,30)/p-1/b10-9+. The summed E-state index contributed by atoms with van der Waals surface area (Å²) in [6.07, 6.45) is 2.64. The van der Waals surface area contributed by atoms with Crippen molar-refractivity contribution in [2.45, 2.75) is 13.8 Å². The molecule has 0 fully saturated rings. The van der Waals surface area contributed by atoms with Crippen LogP contribution in [0.25, 0.3) is 17.0 Å². The highest BCUT2D eigenvalue weighted by Gasteiger charge is 2.14. The van der Waals surface area contributed by atoms with Gasteiger partial charge in [-0.1, -0.05) is 23.2 Å². The van der Waals surface area contributed by atoms with Crippen LogP contribution >= 0.6 is 23.2 Å². The first-order valence-corrected chi connectivity index (χ1v) is 10.2. The van der Waals surface area contributed by atoms with Crippen molar-refractivity contribution in [1.82, 2.24) is 4.98 Å². The summed E-state index contributed by atoms with van der Waals surface area (Å²) < 4.78 is 0. The molecule has 30 heavy (non-hydrogen) atoms. The fraction of sp³-hybridized carbons (Fsp3) is 0.182. The molecule has 0 spiro atoms. The number of amides is 1. The minimum Gasteiger partial charge on any atom is -0.543 e. The van der Waals surface area contributed by atoms with Crippen molar-refractivity contribution in [1.29, 1.82) is 0 Å². The fourth-order valence-electron chi connectivity index (χ4n) is 3.29. The number of aromatic nitrogens is 1. The van der Waals surface area contributed by atoms with E-state index >= 15 is 0 Å². The van der Waals surface area contributed by atoms with Gasteiger partial charge in [-0.2, -0.15) is 0 Å². The second-order valence-electron chi connectivity index (χ2n) is 6.55. The molecule has 0 aliphatic carbocycles. The lowest BCUT2D eigenvalue weighted by molar-refractivity contribution is -0.255. The first kappa shape index (κ1) is 21.7. The van der Waals surface area contributed by atoms with Gasteiger partial charge in [0.2, 0.25) is 5.91 Å². The van der Waals surface area contributed by atoms with Gasteiger partial charge >= 0.3 is 0 Å². The molecule has 0 radical (unpaired) electrons. The van der Waals surface area contributed by atoms with E-state index in [-0.39, 0.29) is 16.3 Å². The fourth-order valence-corrected chi connectivity index (χ4v) is 3.88. The molecule has 3 aromatic rings. The van der Waals surface area contributed by atoms with Gasteiger partial charge in [0.15, 0.2) is 0 Å². The summed E-state index contributed by atoms with van der Waals surface area (Å²) in [6, 6.07) is 10.6. The molecule has 2 N–H and O–H groups in total. The number of fused-ring (bicyclic) bond motifs is 1. The second kappa shape index (κ2) is 9.24. The zero-order chi connectivity index (χ0) is 21.8. The molecular weight excluding hydrogens is 425 g/mol. The SMILES string of the molecule is CCN(CC)c1ccc(NC(=O)/C=C/c2c(C(=O)[O-])[nH]c3cc(Cl)cc(Cl)c23)cc1. The largest absolute Gasteiger partial charge is 0.543 e. The van der Waals surface area contributed by atoms with Gasteiger partial charge in [-0.15, -0.1) is 0 Å². The number of carboxylic acids is 1. The summed E-state index contributed by atoms with van der Waals surface area (Å²) in [4.78, 5) is 28.8. The number of H-pyrrole nitrogens is 1. The zero-order valence-corrected chi connectivity index (χ0v) is 18.0. The van der Waals surface area contributed by atoms with E-state index in [1.807, 2.05) is 24.3 Å². The summed E-state index contributed by atoms with van der Waals surface area (Å²) in [5, 5.41) is 15.3. The lowest BCUT2D eigenvalue weighted by Crippen LogP contribution is -2.23. The number of halogens is 2. The maximum Gasteiger partial charge on any atom is 0.248 e. The molecule has 0 aliphatic heterocycles. The molecule has 1 heterocycles. The van der Waals surface area contributed by atoms with Crippen LogP contribution < -0.4 is 15.3 Å². The Morgan fingerprint density at radius 1 is 1.13 bits per heavy atom. The number of carboxylic acid groups (broad SMARTS) is 1. The number of nitrogens with zero attached hydrogens (tertiary/aromatic N) is 1. The Morgan fingerprint density at radius 2 is 1.80 bits per heavy atom. The Bertz CT molecular complexity index is 1120. The van der Waals surface area contributed by atoms with E-state index in [4.69, 9.17) is 23.2 Å². The Morgan fingerprint density at radius 3 is 2.40 bits per heavy atom. The van der Waals surface area contributed by atoms with Gasteiger partial charge in [-0.05, 0) is 56.3 Å².